The maximum absolute atomic E-state index is 12.9. The van der Waals surface area contributed by atoms with E-state index in [1.54, 1.807) is 6.92 Å². The van der Waals surface area contributed by atoms with Crippen molar-refractivity contribution in [1.29, 1.82) is 0 Å². The Morgan fingerprint density at radius 2 is 1.33 bits per heavy atom. The van der Waals surface area contributed by atoms with Crippen LogP contribution in [0.4, 0.5) is 26.3 Å². The molecule has 1 heterocycles. The van der Waals surface area contributed by atoms with Crippen molar-refractivity contribution in [3.05, 3.63) is 36.5 Å². The minimum Gasteiger partial charge on any atom is -0.463 e. The predicted octanol–water partition coefficient (Wildman–Crippen LogP) is 5.74. The van der Waals surface area contributed by atoms with Crippen LogP contribution in [0.2, 0.25) is 0 Å². The SMILES string of the molecule is C=C(C)C(=O)OC1(CC)CCCC1.C=C(C)C(=O)OC1CCC(O)C(C(O)(C(F)(F)F)C(F)(F)F)C1.C=C(C)C(=O)OC1CCOC1=O. The van der Waals surface area contributed by atoms with Crippen LogP contribution in [0.5, 0.6) is 0 Å². The minimum atomic E-state index is -6.04. The monoisotopic (exact) mass is 702 g/mol. The molecule has 48 heavy (non-hydrogen) atoms. The summed E-state index contributed by atoms with van der Waals surface area (Å²) in [5.41, 5.74) is -4.55. The van der Waals surface area contributed by atoms with Gasteiger partial charge in [0.2, 0.25) is 6.10 Å². The molecule has 16 heteroatoms. The van der Waals surface area contributed by atoms with Crippen molar-refractivity contribution in [2.24, 2.45) is 5.92 Å². The Bertz CT molecular complexity index is 1190. The highest BCUT2D eigenvalue weighted by atomic mass is 19.4. The minimum absolute atomic E-state index is 0.0745. The van der Waals surface area contributed by atoms with Crippen molar-refractivity contribution in [2.75, 3.05) is 6.61 Å². The van der Waals surface area contributed by atoms with Gasteiger partial charge in [-0.15, -0.1) is 0 Å². The fourth-order valence-corrected chi connectivity index (χ4v) is 5.15. The zero-order chi connectivity index (χ0) is 37.3. The average Bonchev–Trinajstić information content (AvgIpc) is 3.61. The van der Waals surface area contributed by atoms with Crippen LogP contribution in [0.3, 0.4) is 0 Å². The number of aliphatic hydroxyl groups is 2. The smallest absolute Gasteiger partial charge is 0.426 e. The molecule has 10 nitrogen and oxygen atoms in total. The Kier molecular flexibility index (Phi) is 15.4. The van der Waals surface area contributed by atoms with Crippen molar-refractivity contribution < 1.29 is 74.7 Å². The van der Waals surface area contributed by atoms with Crippen molar-refractivity contribution in [1.82, 2.24) is 0 Å². The first-order valence-corrected chi connectivity index (χ1v) is 15.2. The molecule has 4 atom stereocenters. The van der Waals surface area contributed by atoms with E-state index in [0.717, 1.165) is 19.3 Å². The third-order valence-electron chi connectivity index (χ3n) is 8.09. The molecule has 2 N–H and O–H groups in total. The summed E-state index contributed by atoms with van der Waals surface area (Å²) >= 11 is 0. The normalized spacial score (nSPS) is 23.6. The molecule has 1 aliphatic heterocycles. The number of rotatable bonds is 8. The lowest BCUT2D eigenvalue weighted by molar-refractivity contribution is -0.394. The van der Waals surface area contributed by atoms with Gasteiger partial charge < -0.3 is 29.2 Å². The van der Waals surface area contributed by atoms with Crippen molar-refractivity contribution in [3.8, 4) is 0 Å². The molecule has 4 unspecified atom stereocenters. The molecule has 3 aliphatic rings. The molecule has 0 aromatic heterocycles. The van der Waals surface area contributed by atoms with Gasteiger partial charge in [-0.1, -0.05) is 26.7 Å². The second-order valence-electron chi connectivity index (χ2n) is 12.1. The van der Waals surface area contributed by atoms with E-state index in [1.807, 2.05) is 0 Å². The number of hydrogen-bond acceptors (Lipinski definition) is 10. The summed E-state index contributed by atoms with van der Waals surface area (Å²) in [6, 6.07) is 0. The van der Waals surface area contributed by atoms with Gasteiger partial charge in [0.05, 0.1) is 12.7 Å². The van der Waals surface area contributed by atoms with Crippen molar-refractivity contribution >= 4 is 23.9 Å². The number of carbonyl (C=O) groups excluding carboxylic acids is 4. The first-order chi connectivity index (χ1) is 21.9. The summed E-state index contributed by atoms with van der Waals surface area (Å²) < 4.78 is 96.8. The van der Waals surface area contributed by atoms with E-state index in [9.17, 15) is 55.7 Å². The summed E-state index contributed by atoms with van der Waals surface area (Å²) in [6.07, 6.45) is -12.0. The van der Waals surface area contributed by atoms with Gasteiger partial charge in [0.25, 0.3) is 5.60 Å². The lowest BCUT2D eigenvalue weighted by Crippen LogP contribution is -2.65. The first-order valence-electron chi connectivity index (χ1n) is 15.2. The van der Waals surface area contributed by atoms with Gasteiger partial charge in [0, 0.05) is 29.1 Å². The van der Waals surface area contributed by atoms with E-state index in [1.165, 1.54) is 26.7 Å². The van der Waals surface area contributed by atoms with E-state index in [0.29, 0.717) is 18.6 Å². The molecular formula is C32H44F6O10. The zero-order valence-electron chi connectivity index (χ0n) is 27.4. The highest BCUT2D eigenvalue weighted by molar-refractivity contribution is 5.90. The van der Waals surface area contributed by atoms with Crippen LogP contribution in [-0.4, -0.2) is 82.6 Å². The first kappa shape index (κ1) is 42.6. The molecule has 1 saturated heterocycles. The molecule has 3 rings (SSSR count). The Morgan fingerprint density at radius 3 is 1.73 bits per heavy atom. The zero-order valence-corrected chi connectivity index (χ0v) is 27.4. The van der Waals surface area contributed by atoms with E-state index >= 15 is 0 Å². The number of alkyl halides is 6. The summed E-state index contributed by atoms with van der Waals surface area (Å²) in [5.74, 6) is -4.81. The van der Waals surface area contributed by atoms with Gasteiger partial charge in [-0.3, -0.25) is 0 Å². The van der Waals surface area contributed by atoms with Crippen LogP contribution >= 0.6 is 0 Å². The maximum Gasteiger partial charge on any atom is 0.426 e. The molecule has 0 aromatic rings. The third kappa shape index (κ3) is 11.3. The number of hydrogen-bond donors (Lipinski definition) is 2. The molecule has 0 bridgehead atoms. The highest BCUT2D eigenvalue weighted by Crippen LogP contribution is 2.52. The maximum atomic E-state index is 12.9. The second-order valence-corrected chi connectivity index (χ2v) is 12.1. The Balaban J connectivity index is 0.000000390. The van der Waals surface area contributed by atoms with Gasteiger partial charge in [-0.2, -0.15) is 26.3 Å². The topological polar surface area (TPSA) is 146 Å². The molecular weight excluding hydrogens is 658 g/mol. The van der Waals surface area contributed by atoms with E-state index < -0.39 is 72.9 Å². The quantitative estimate of drug-likeness (QED) is 0.139. The number of ether oxygens (including phenoxy) is 4. The standard InChI is InChI=1S/C13H16F6O4.C11H18O2.C8H10O4/c1-6(2)10(21)23-7-3-4-9(20)8(5-7)11(22,12(14,15)16)13(17,18)19;1-4-11(7-5-6-8-11)13-10(12)9(2)3;1-5(2)7(9)12-6-3-4-11-8(6)10/h7-9,20,22H,1,3-5H2,2H3;2,4-8H2,1,3H3;6H,1,3-4H2,2H3. The van der Waals surface area contributed by atoms with Gasteiger partial charge in [-0.25, -0.2) is 19.2 Å². The van der Waals surface area contributed by atoms with Crippen LogP contribution in [-0.2, 0) is 38.1 Å². The van der Waals surface area contributed by atoms with Gasteiger partial charge in [0.1, 0.15) is 11.7 Å². The summed E-state index contributed by atoms with van der Waals surface area (Å²) in [7, 11) is 0. The Labute approximate surface area is 275 Å². The lowest BCUT2D eigenvalue weighted by Gasteiger charge is -2.44. The summed E-state index contributed by atoms with van der Waals surface area (Å²) in [5, 5.41) is 18.9. The van der Waals surface area contributed by atoms with Crippen LogP contribution in [0.15, 0.2) is 36.5 Å². The van der Waals surface area contributed by atoms with Crippen molar-refractivity contribution in [2.45, 2.75) is 127 Å². The van der Waals surface area contributed by atoms with Gasteiger partial charge in [-0.05, 0) is 72.1 Å². The number of esters is 4. The molecule has 274 valence electrons. The van der Waals surface area contributed by atoms with Crippen LogP contribution < -0.4 is 0 Å². The molecule has 0 amide bonds. The molecule has 0 aromatic carbocycles. The molecule has 2 aliphatic carbocycles. The van der Waals surface area contributed by atoms with E-state index in [2.05, 4.69) is 31.4 Å². The lowest BCUT2D eigenvalue weighted by atomic mass is 9.73. The van der Waals surface area contributed by atoms with Crippen LogP contribution in [0.1, 0.15) is 85.5 Å². The number of aliphatic hydroxyl groups excluding tert-OH is 1. The summed E-state index contributed by atoms with van der Waals surface area (Å²) in [4.78, 5) is 44.4. The largest absolute Gasteiger partial charge is 0.463 e. The number of halogens is 6. The van der Waals surface area contributed by atoms with E-state index in [-0.39, 0.29) is 29.1 Å². The average molecular weight is 703 g/mol. The third-order valence-corrected chi connectivity index (χ3v) is 8.09. The van der Waals surface area contributed by atoms with Gasteiger partial charge >= 0.3 is 36.2 Å². The van der Waals surface area contributed by atoms with E-state index in [4.69, 9.17) is 14.2 Å². The van der Waals surface area contributed by atoms with Crippen LogP contribution in [0.25, 0.3) is 0 Å². The Hall–Kier alpha value is -3.40. The second kappa shape index (κ2) is 17.3. The molecule has 2 saturated carbocycles. The fraction of sp³-hybridized carbons (Fsp3) is 0.688. The van der Waals surface area contributed by atoms with Crippen LogP contribution in [0, 0.1) is 5.92 Å². The summed E-state index contributed by atoms with van der Waals surface area (Å²) in [6.45, 7) is 17.1. The fourth-order valence-electron chi connectivity index (χ4n) is 5.15. The van der Waals surface area contributed by atoms with Gasteiger partial charge in [0.15, 0.2) is 0 Å². The molecule has 0 radical (unpaired) electrons. The van der Waals surface area contributed by atoms with Crippen molar-refractivity contribution in [3.63, 3.8) is 0 Å². The molecule has 0 spiro atoms. The molecule has 3 fully saturated rings. The number of carbonyl (C=O) groups is 4. The highest BCUT2D eigenvalue weighted by Gasteiger charge is 2.75. The number of cyclic esters (lactones) is 1. The Morgan fingerprint density at radius 1 is 0.854 bits per heavy atom. The predicted molar refractivity (Wildman–Crippen MR) is 158 cm³/mol.